The van der Waals surface area contributed by atoms with Gasteiger partial charge in [-0.25, -0.2) is 0 Å². The van der Waals surface area contributed by atoms with E-state index in [9.17, 15) is 8.42 Å². The van der Waals surface area contributed by atoms with Gasteiger partial charge in [0, 0.05) is 0 Å². The Morgan fingerprint density at radius 2 is 2.18 bits per heavy atom. The predicted octanol–water partition coefficient (Wildman–Crippen LogP) is 0.168. The molecule has 0 aliphatic heterocycles. The molecule has 0 saturated carbocycles. The lowest BCUT2D eigenvalue weighted by Gasteiger charge is -2.05. The van der Waals surface area contributed by atoms with Gasteiger partial charge in [-0.2, -0.15) is 8.42 Å². The van der Waals surface area contributed by atoms with E-state index in [1.165, 1.54) is 6.08 Å². The van der Waals surface area contributed by atoms with Crippen molar-refractivity contribution in [1.82, 2.24) is 0 Å². The summed E-state index contributed by atoms with van der Waals surface area (Å²) in [6, 6.07) is 0. The van der Waals surface area contributed by atoms with Crippen molar-refractivity contribution in [1.29, 1.82) is 0 Å². The van der Waals surface area contributed by atoms with E-state index in [0.717, 1.165) is 0 Å². The van der Waals surface area contributed by atoms with Gasteiger partial charge in [0.25, 0.3) is 10.1 Å². The molecular weight excluding hydrogens is 166 g/mol. The second kappa shape index (κ2) is 4.48. The normalized spacial score (nSPS) is 15.5. The van der Waals surface area contributed by atoms with Crippen molar-refractivity contribution in [2.75, 3.05) is 6.54 Å². The molecule has 0 saturated heterocycles. The maximum absolute atomic E-state index is 10.6. The van der Waals surface area contributed by atoms with Gasteiger partial charge in [0.1, 0.15) is 5.25 Å². The third-order valence-electron chi connectivity index (χ3n) is 1.24. The largest absolute Gasteiger partial charge is 0.330 e. The third-order valence-corrected chi connectivity index (χ3v) is 2.40. The van der Waals surface area contributed by atoms with Gasteiger partial charge in [-0.1, -0.05) is 12.2 Å². The number of hydrogen-bond donors (Lipinski definition) is 2. The minimum absolute atomic E-state index is 0.245. The minimum atomic E-state index is -3.96. The van der Waals surface area contributed by atoms with Gasteiger partial charge in [0.2, 0.25) is 0 Å². The highest BCUT2D eigenvalue weighted by molar-refractivity contribution is 7.86. The van der Waals surface area contributed by atoms with Gasteiger partial charge in [-0.3, -0.25) is 4.55 Å². The molecule has 0 aliphatic carbocycles. The summed E-state index contributed by atoms with van der Waals surface area (Å²) in [5.74, 6) is 0. The van der Waals surface area contributed by atoms with E-state index in [4.69, 9.17) is 10.3 Å². The first-order valence-electron chi connectivity index (χ1n) is 3.31. The molecule has 0 fully saturated rings. The topological polar surface area (TPSA) is 80.4 Å². The van der Waals surface area contributed by atoms with Crippen LogP contribution in [0.3, 0.4) is 0 Å². The number of rotatable bonds is 4. The van der Waals surface area contributed by atoms with E-state index in [1.54, 1.807) is 13.0 Å². The van der Waals surface area contributed by atoms with Gasteiger partial charge in [0.05, 0.1) is 0 Å². The Kier molecular flexibility index (Phi) is 4.32. The maximum Gasteiger partial charge on any atom is 0.271 e. The summed E-state index contributed by atoms with van der Waals surface area (Å²) in [6.07, 6.45) is 3.25. The van der Waals surface area contributed by atoms with Gasteiger partial charge in [0.15, 0.2) is 0 Å². The second-order valence-electron chi connectivity index (χ2n) is 2.16. The van der Waals surface area contributed by atoms with Crippen molar-refractivity contribution in [2.45, 2.75) is 18.6 Å². The average molecular weight is 179 g/mol. The van der Waals surface area contributed by atoms with E-state index in [2.05, 4.69) is 0 Å². The molecule has 3 N–H and O–H groups in total. The molecule has 0 aromatic rings. The quantitative estimate of drug-likeness (QED) is 0.476. The Morgan fingerprint density at radius 1 is 1.64 bits per heavy atom. The van der Waals surface area contributed by atoms with Crippen molar-refractivity contribution in [3.63, 3.8) is 0 Å². The first kappa shape index (κ1) is 10.6. The first-order valence-corrected chi connectivity index (χ1v) is 4.82. The molecule has 0 amide bonds. The van der Waals surface area contributed by atoms with E-state index >= 15 is 0 Å². The molecule has 5 heteroatoms. The highest BCUT2D eigenvalue weighted by Crippen LogP contribution is 2.04. The summed E-state index contributed by atoms with van der Waals surface area (Å²) < 4.78 is 29.7. The molecule has 0 bridgehead atoms. The monoisotopic (exact) mass is 179 g/mol. The summed E-state index contributed by atoms with van der Waals surface area (Å²) in [5, 5.41) is -0.850. The molecule has 1 unspecified atom stereocenters. The summed E-state index contributed by atoms with van der Waals surface area (Å²) >= 11 is 0. The van der Waals surface area contributed by atoms with Crippen LogP contribution in [-0.4, -0.2) is 24.8 Å². The molecule has 1 atom stereocenters. The smallest absolute Gasteiger partial charge is 0.271 e. The SMILES string of the molecule is CC=CC(CCN)S(=O)(=O)O. The fourth-order valence-corrected chi connectivity index (χ4v) is 1.51. The van der Waals surface area contributed by atoms with E-state index in [-0.39, 0.29) is 13.0 Å². The van der Waals surface area contributed by atoms with Gasteiger partial charge < -0.3 is 5.73 Å². The Bertz CT molecular complexity index is 220. The van der Waals surface area contributed by atoms with E-state index in [1.807, 2.05) is 0 Å². The lowest BCUT2D eigenvalue weighted by atomic mass is 10.3. The van der Waals surface area contributed by atoms with Crippen LogP contribution in [0.5, 0.6) is 0 Å². The molecule has 4 nitrogen and oxygen atoms in total. The first-order chi connectivity index (χ1) is 5.02. The lowest BCUT2D eigenvalue weighted by Crippen LogP contribution is -2.21. The molecule has 11 heavy (non-hydrogen) atoms. The Balaban J connectivity index is 4.35. The molecule has 66 valence electrons. The van der Waals surface area contributed by atoms with E-state index < -0.39 is 15.4 Å². The summed E-state index contributed by atoms with van der Waals surface area (Å²) in [4.78, 5) is 0. The number of nitrogens with two attached hydrogens (primary N) is 1. The number of hydrogen-bond acceptors (Lipinski definition) is 3. The molecule has 0 radical (unpaired) electrons. The summed E-state index contributed by atoms with van der Waals surface area (Å²) in [5.41, 5.74) is 5.15. The van der Waals surface area contributed by atoms with Crippen LogP contribution in [0, 0.1) is 0 Å². The maximum atomic E-state index is 10.6. The van der Waals surface area contributed by atoms with Gasteiger partial charge in [-0.05, 0) is 19.9 Å². The van der Waals surface area contributed by atoms with Crippen LogP contribution in [0.2, 0.25) is 0 Å². The van der Waals surface area contributed by atoms with Crippen LogP contribution < -0.4 is 5.73 Å². The van der Waals surface area contributed by atoms with Gasteiger partial charge >= 0.3 is 0 Å². The standard InChI is InChI=1S/C6H13NO3S/c1-2-3-6(4-5-7)11(8,9)10/h2-3,6H,4-5,7H2,1H3,(H,8,9,10). The molecule has 0 aromatic heterocycles. The molecule has 0 rings (SSSR count). The van der Waals surface area contributed by atoms with Crippen LogP contribution in [-0.2, 0) is 10.1 Å². The van der Waals surface area contributed by atoms with Crippen molar-refractivity contribution in [3.8, 4) is 0 Å². The Hall–Kier alpha value is -0.390. The van der Waals surface area contributed by atoms with Crippen molar-refractivity contribution in [3.05, 3.63) is 12.2 Å². The molecule has 0 aromatic carbocycles. The second-order valence-corrected chi connectivity index (χ2v) is 3.79. The van der Waals surface area contributed by atoms with Crippen molar-refractivity contribution < 1.29 is 13.0 Å². The lowest BCUT2D eigenvalue weighted by molar-refractivity contribution is 0.472. The fraction of sp³-hybridized carbons (Fsp3) is 0.667. The minimum Gasteiger partial charge on any atom is -0.330 e. The van der Waals surface area contributed by atoms with E-state index in [0.29, 0.717) is 0 Å². The molecule has 0 heterocycles. The summed E-state index contributed by atoms with van der Waals surface area (Å²) in [6.45, 7) is 1.93. The zero-order valence-corrected chi connectivity index (χ0v) is 7.21. The van der Waals surface area contributed by atoms with Crippen LogP contribution in [0.1, 0.15) is 13.3 Å². The Morgan fingerprint density at radius 3 is 2.45 bits per heavy atom. The average Bonchev–Trinajstić information content (AvgIpc) is 1.85. The highest BCUT2D eigenvalue weighted by Gasteiger charge is 2.17. The van der Waals surface area contributed by atoms with Crippen LogP contribution in [0.25, 0.3) is 0 Å². The number of allylic oxidation sites excluding steroid dienone is 1. The highest BCUT2D eigenvalue weighted by atomic mass is 32.2. The predicted molar refractivity (Wildman–Crippen MR) is 43.8 cm³/mol. The van der Waals surface area contributed by atoms with Crippen LogP contribution >= 0.6 is 0 Å². The van der Waals surface area contributed by atoms with Crippen LogP contribution in [0.4, 0.5) is 0 Å². The Labute approximate surface area is 66.8 Å². The summed E-state index contributed by atoms with van der Waals surface area (Å²) in [7, 11) is -3.96. The molecule has 0 spiro atoms. The van der Waals surface area contributed by atoms with Gasteiger partial charge in [-0.15, -0.1) is 0 Å². The van der Waals surface area contributed by atoms with Crippen LogP contribution in [0.15, 0.2) is 12.2 Å². The van der Waals surface area contributed by atoms with Crippen molar-refractivity contribution >= 4 is 10.1 Å². The third kappa shape index (κ3) is 4.13. The molecule has 0 aliphatic rings. The fourth-order valence-electron chi connectivity index (χ4n) is 0.723. The van der Waals surface area contributed by atoms with Crippen molar-refractivity contribution in [2.24, 2.45) is 5.73 Å². The zero-order valence-electron chi connectivity index (χ0n) is 6.40. The zero-order chi connectivity index (χ0) is 8.91. The molecular formula is C6H13NO3S.